The SMILES string of the molecule is O=C(Nc1ncccn1)c1c[nH]c(=O)n(Cc2cccs2)c1=O. The molecule has 1 amide bonds. The Bertz CT molecular complexity index is 931. The molecule has 0 atom stereocenters. The number of aromatic amines is 1. The number of nitrogens with zero attached hydrogens (tertiary/aromatic N) is 3. The summed E-state index contributed by atoms with van der Waals surface area (Å²) < 4.78 is 0.979. The van der Waals surface area contributed by atoms with E-state index in [1.54, 1.807) is 12.1 Å². The molecule has 0 aliphatic rings. The lowest BCUT2D eigenvalue weighted by Gasteiger charge is -2.06. The van der Waals surface area contributed by atoms with Gasteiger partial charge in [-0.05, 0) is 17.5 Å². The Kier molecular flexibility index (Phi) is 4.11. The zero-order valence-corrected chi connectivity index (χ0v) is 12.5. The van der Waals surface area contributed by atoms with E-state index >= 15 is 0 Å². The third-order valence-electron chi connectivity index (χ3n) is 2.99. The van der Waals surface area contributed by atoms with E-state index in [0.717, 1.165) is 15.6 Å². The Morgan fingerprint density at radius 2 is 2.04 bits per heavy atom. The van der Waals surface area contributed by atoms with Gasteiger partial charge in [0.25, 0.3) is 11.5 Å². The number of H-pyrrole nitrogens is 1. The Hall–Kier alpha value is -3.07. The van der Waals surface area contributed by atoms with Crippen molar-refractivity contribution in [2.75, 3.05) is 5.32 Å². The van der Waals surface area contributed by atoms with Gasteiger partial charge in [0.15, 0.2) is 0 Å². The highest BCUT2D eigenvalue weighted by Gasteiger charge is 2.16. The van der Waals surface area contributed by atoms with Crippen LogP contribution >= 0.6 is 11.3 Å². The van der Waals surface area contributed by atoms with Gasteiger partial charge in [-0.25, -0.2) is 14.8 Å². The van der Waals surface area contributed by atoms with Crippen molar-refractivity contribution >= 4 is 23.2 Å². The van der Waals surface area contributed by atoms with Gasteiger partial charge in [-0.15, -0.1) is 11.3 Å². The molecule has 116 valence electrons. The summed E-state index contributed by atoms with van der Waals surface area (Å²) >= 11 is 1.42. The first-order valence-electron chi connectivity index (χ1n) is 6.58. The molecule has 9 heteroatoms. The molecule has 3 rings (SSSR count). The summed E-state index contributed by atoms with van der Waals surface area (Å²) in [5.41, 5.74) is -1.43. The molecule has 0 bridgehead atoms. The molecule has 0 saturated heterocycles. The summed E-state index contributed by atoms with van der Waals surface area (Å²) in [4.78, 5) is 47.4. The quantitative estimate of drug-likeness (QED) is 0.732. The van der Waals surface area contributed by atoms with Crippen LogP contribution in [0.25, 0.3) is 0 Å². The number of carbonyl (C=O) groups is 1. The highest BCUT2D eigenvalue weighted by atomic mass is 32.1. The molecule has 0 aliphatic carbocycles. The second kappa shape index (κ2) is 6.36. The van der Waals surface area contributed by atoms with Crippen molar-refractivity contribution in [2.24, 2.45) is 0 Å². The molecule has 0 unspecified atom stereocenters. The number of hydrogen-bond donors (Lipinski definition) is 2. The van der Waals surface area contributed by atoms with Gasteiger partial charge in [0.2, 0.25) is 5.95 Å². The van der Waals surface area contributed by atoms with Crippen molar-refractivity contribution in [3.05, 3.63) is 73.4 Å². The summed E-state index contributed by atoms with van der Waals surface area (Å²) in [6.45, 7) is 0.106. The molecule has 0 fully saturated rings. The number of rotatable bonds is 4. The van der Waals surface area contributed by atoms with Crippen LogP contribution in [0.2, 0.25) is 0 Å². The highest BCUT2D eigenvalue weighted by molar-refractivity contribution is 7.09. The summed E-state index contributed by atoms with van der Waals surface area (Å²) in [6, 6.07) is 5.23. The van der Waals surface area contributed by atoms with Crippen LogP contribution in [0.1, 0.15) is 15.2 Å². The maximum atomic E-state index is 12.4. The molecular formula is C14H11N5O3S. The predicted molar refractivity (Wildman–Crippen MR) is 84.7 cm³/mol. The zero-order valence-electron chi connectivity index (χ0n) is 11.7. The Morgan fingerprint density at radius 1 is 1.26 bits per heavy atom. The number of thiophene rings is 1. The molecule has 3 aromatic rings. The van der Waals surface area contributed by atoms with Gasteiger partial charge in [-0.2, -0.15) is 0 Å². The van der Waals surface area contributed by atoms with E-state index < -0.39 is 17.2 Å². The lowest BCUT2D eigenvalue weighted by Crippen LogP contribution is -2.39. The molecule has 0 aromatic carbocycles. The van der Waals surface area contributed by atoms with E-state index in [1.165, 1.54) is 23.7 Å². The maximum Gasteiger partial charge on any atom is 0.328 e. The van der Waals surface area contributed by atoms with Crippen molar-refractivity contribution in [1.82, 2.24) is 19.5 Å². The Morgan fingerprint density at radius 3 is 2.74 bits per heavy atom. The van der Waals surface area contributed by atoms with E-state index in [2.05, 4.69) is 20.3 Å². The van der Waals surface area contributed by atoms with Crippen LogP contribution in [0, 0.1) is 0 Å². The van der Waals surface area contributed by atoms with Crippen LogP contribution in [0.5, 0.6) is 0 Å². The summed E-state index contributed by atoms with van der Waals surface area (Å²) in [7, 11) is 0. The fourth-order valence-corrected chi connectivity index (χ4v) is 2.60. The standard InChI is InChI=1S/C14H11N5O3S/c20-11(18-13-15-4-2-5-16-13)10-7-17-14(22)19(12(10)21)8-9-3-1-6-23-9/h1-7H,8H2,(H,17,22)(H,15,16,18,20). The molecule has 0 spiro atoms. The molecular weight excluding hydrogens is 318 g/mol. The van der Waals surface area contributed by atoms with Crippen LogP contribution in [-0.4, -0.2) is 25.4 Å². The molecule has 0 aliphatic heterocycles. The van der Waals surface area contributed by atoms with Crippen molar-refractivity contribution < 1.29 is 4.79 Å². The van der Waals surface area contributed by atoms with Crippen LogP contribution in [0.3, 0.4) is 0 Å². The molecule has 0 radical (unpaired) electrons. The van der Waals surface area contributed by atoms with E-state index in [1.807, 2.05) is 11.4 Å². The van der Waals surface area contributed by atoms with E-state index in [-0.39, 0.29) is 18.1 Å². The normalized spacial score (nSPS) is 10.4. The van der Waals surface area contributed by atoms with E-state index in [4.69, 9.17) is 0 Å². The first-order chi connectivity index (χ1) is 11.1. The fraction of sp³-hybridized carbons (Fsp3) is 0.0714. The summed E-state index contributed by atoms with van der Waals surface area (Å²) in [5, 5.41) is 4.26. The van der Waals surface area contributed by atoms with Crippen molar-refractivity contribution in [3.63, 3.8) is 0 Å². The molecule has 3 heterocycles. The monoisotopic (exact) mass is 329 g/mol. The van der Waals surface area contributed by atoms with Crippen LogP contribution in [0.4, 0.5) is 5.95 Å². The van der Waals surface area contributed by atoms with Gasteiger partial charge >= 0.3 is 5.69 Å². The van der Waals surface area contributed by atoms with Gasteiger partial charge in [0.05, 0.1) is 6.54 Å². The van der Waals surface area contributed by atoms with Crippen LogP contribution < -0.4 is 16.6 Å². The fourth-order valence-electron chi connectivity index (χ4n) is 1.91. The van der Waals surface area contributed by atoms with Gasteiger partial charge in [-0.1, -0.05) is 6.07 Å². The minimum Gasteiger partial charge on any atom is -0.313 e. The lowest BCUT2D eigenvalue weighted by molar-refractivity contribution is 0.102. The molecule has 0 saturated carbocycles. The number of anilines is 1. The number of hydrogen-bond acceptors (Lipinski definition) is 6. The predicted octanol–water partition coefficient (Wildman–Crippen LogP) is 0.689. The minimum absolute atomic E-state index is 0.0768. The summed E-state index contributed by atoms with van der Waals surface area (Å²) in [6.07, 6.45) is 4.02. The number of aromatic nitrogens is 4. The topological polar surface area (TPSA) is 110 Å². The molecule has 23 heavy (non-hydrogen) atoms. The molecule has 3 aromatic heterocycles. The lowest BCUT2D eigenvalue weighted by atomic mass is 10.3. The number of amides is 1. The first-order valence-corrected chi connectivity index (χ1v) is 7.46. The van der Waals surface area contributed by atoms with Crippen LogP contribution in [-0.2, 0) is 6.54 Å². The minimum atomic E-state index is -0.683. The third kappa shape index (κ3) is 3.24. The van der Waals surface area contributed by atoms with E-state index in [0.29, 0.717) is 0 Å². The second-order valence-corrected chi connectivity index (χ2v) is 5.54. The van der Waals surface area contributed by atoms with Gasteiger partial charge in [0, 0.05) is 23.5 Å². The summed E-state index contributed by atoms with van der Waals surface area (Å²) in [5.74, 6) is -0.606. The average Bonchev–Trinajstić information content (AvgIpc) is 3.05. The molecule has 2 N–H and O–H groups in total. The smallest absolute Gasteiger partial charge is 0.313 e. The average molecular weight is 329 g/mol. The third-order valence-corrected chi connectivity index (χ3v) is 3.85. The Balaban J connectivity index is 1.93. The first kappa shape index (κ1) is 14.9. The second-order valence-electron chi connectivity index (χ2n) is 4.50. The number of nitrogens with one attached hydrogen (secondary N) is 2. The number of carbonyl (C=O) groups excluding carboxylic acids is 1. The van der Waals surface area contributed by atoms with Gasteiger partial charge < -0.3 is 4.98 Å². The maximum absolute atomic E-state index is 12.4. The zero-order chi connectivity index (χ0) is 16.2. The van der Waals surface area contributed by atoms with E-state index in [9.17, 15) is 14.4 Å². The van der Waals surface area contributed by atoms with Crippen molar-refractivity contribution in [2.45, 2.75) is 6.54 Å². The highest BCUT2D eigenvalue weighted by Crippen LogP contribution is 2.08. The largest absolute Gasteiger partial charge is 0.328 e. The van der Waals surface area contributed by atoms with Crippen molar-refractivity contribution in [1.29, 1.82) is 0 Å². The van der Waals surface area contributed by atoms with Crippen molar-refractivity contribution in [3.8, 4) is 0 Å². The van der Waals surface area contributed by atoms with Crippen LogP contribution in [0.15, 0.2) is 51.8 Å². The van der Waals surface area contributed by atoms with Gasteiger partial charge in [0.1, 0.15) is 5.56 Å². The Labute approximate surface area is 133 Å². The van der Waals surface area contributed by atoms with Gasteiger partial charge in [-0.3, -0.25) is 19.5 Å². The molecule has 8 nitrogen and oxygen atoms in total.